The summed E-state index contributed by atoms with van der Waals surface area (Å²) in [5.41, 5.74) is -3.29. The number of ether oxygens (including phenoxy) is 3. The third-order valence-electron chi connectivity index (χ3n) is 12.5. The molecule has 0 unspecified atom stereocenters. The van der Waals surface area contributed by atoms with Gasteiger partial charge in [0.25, 0.3) is 0 Å². The molecule has 4 N–H and O–H groups in total. The fourth-order valence-corrected chi connectivity index (χ4v) is 10.3. The molecule has 2 aliphatic rings. The molecule has 13 atom stereocenters. The molecule has 0 saturated carbocycles. The molecular weight excluding hydrogens is 731 g/mol. The number of cyclic esters (lactones) is 1. The minimum absolute atomic E-state index is 0.118. The van der Waals surface area contributed by atoms with Crippen LogP contribution < -0.4 is 0 Å². The van der Waals surface area contributed by atoms with Gasteiger partial charge in [-0.05, 0) is 98.6 Å². The van der Waals surface area contributed by atoms with Crippen LogP contribution in [-0.4, -0.2) is 149 Å². The molecule has 0 aromatic rings. The van der Waals surface area contributed by atoms with E-state index in [0.29, 0.717) is 19.3 Å². The van der Waals surface area contributed by atoms with Gasteiger partial charge in [0, 0.05) is 46.3 Å². The van der Waals surface area contributed by atoms with Crippen molar-refractivity contribution in [1.82, 2.24) is 9.80 Å². The Morgan fingerprint density at radius 3 is 2.00 bits per heavy atom. The Morgan fingerprint density at radius 2 is 1.46 bits per heavy atom. The van der Waals surface area contributed by atoms with E-state index in [1.165, 1.54) is 45.2 Å². The Balaban J connectivity index is 2.29. The largest absolute Gasteiger partial charge is 0.459 e. The predicted molar refractivity (Wildman–Crippen MR) is 228 cm³/mol. The predicted octanol–water partition coefficient (Wildman–Crippen LogP) is 6.71. The van der Waals surface area contributed by atoms with Crippen LogP contribution in [0.25, 0.3) is 0 Å². The summed E-state index contributed by atoms with van der Waals surface area (Å²) in [6, 6.07) is -1.01. The fourth-order valence-electron chi connectivity index (χ4n) is 9.15. The topological polar surface area (TPSA) is 149 Å². The summed E-state index contributed by atoms with van der Waals surface area (Å²) in [4.78, 5) is 31.3. The van der Waals surface area contributed by atoms with E-state index in [0.717, 1.165) is 25.7 Å². The van der Waals surface area contributed by atoms with E-state index >= 15 is 0 Å². The van der Waals surface area contributed by atoms with Gasteiger partial charge < -0.3 is 44.4 Å². The number of esters is 1. The Bertz CT molecular complexity index is 1160. The number of nitrogens with zero attached hydrogens (tertiary/aromatic N) is 2. The average molecular weight is 818 g/mol. The number of hydrogen-bond acceptors (Lipinski definition) is 10. The highest BCUT2D eigenvalue weighted by molar-refractivity contribution is 7.73. The van der Waals surface area contributed by atoms with Crippen molar-refractivity contribution in [2.45, 2.75) is 205 Å². The first-order chi connectivity index (χ1) is 25.9. The van der Waals surface area contributed by atoms with Crippen molar-refractivity contribution in [3.05, 3.63) is 0 Å². The molecule has 0 spiro atoms. The molecule has 56 heavy (non-hydrogen) atoms. The van der Waals surface area contributed by atoms with Gasteiger partial charge in [-0.2, -0.15) is 0 Å². The normalized spacial score (nSPS) is 37.2. The second-order valence-electron chi connectivity index (χ2n) is 19.6. The van der Waals surface area contributed by atoms with E-state index < -0.39 is 67.1 Å². The van der Waals surface area contributed by atoms with Crippen molar-refractivity contribution in [1.29, 1.82) is 0 Å². The van der Waals surface area contributed by atoms with Crippen LogP contribution in [0.2, 0.25) is 0 Å². The van der Waals surface area contributed by atoms with Gasteiger partial charge in [-0.15, -0.1) is 0 Å². The van der Waals surface area contributed by atoms with E-state index in [2.05, 4.69) is 20.0 Å². The Hall–Kier alpha value is -0.910. The van der Waals surface area contributed by atoms with Crippen LogP contribution in [0.5, 0.6) is 0 Å². The molecule has 2 heterocycles. The molecule has 2 rings (SSSR count). The summed E-state index contributed by atoms with van der Waals surface area (Å²) in [6.45, 7) is 21.7. The van der Waals surface area contributed by atoms with E-state index in [9.17, 15) is 30.0 Å². The van der Waals surface area contributed by atoms with E-state index in [1.807, 2.05) is 39.8 Å². The second kappa shape index (κ2) is 23.2. The smallest absolute Gasteiger partial charge is 0.309 e. The van der Waals surface area contributed by atoms with Gasteiger partial charge in [-0.25, -0.2) is 0 Å². The van der Waals surface area contributed by atoms with Gasteiger partial charge in [0.1, 0.15) is 23.9 Å². The zero-order chi connectivity index (χ0) is 42.6. The van der Waals surface area contributed by atoms with E-state index in [-0.39, 0.29) is 49.3 Å². The van der Waals surface area contributed by atoms with Crippen molar-refractivity contribution in [2.24, 2.45) is 17.8 Å². The molecule has 0 bridgehead atoms. The first-order valence-corrected chi connectivity index (χ1v) is 25.3. The lowest BCUT2D eigenvalue weighted by Gasteiger charge is -2.46. The number of carbonyl (C=O) groups excluding carboxylic acids is 2. The van der Waals surface area contributed by atoms with Gasteiger partial charge in [-0.1, -0.05) is 66.2 Å². The van der Waals surface area contributed by atoms with Crippen molar-refractivity contribution in [2.75, 3.05) is 46.8 Å². The van der Waals surface area contributed by atoms with Gasteiger partial charge in [0.15, 0.2) is 6.29 Å². The minimum atomic E-state index is -1.84. The van der Waals surface area contributed by atoms with Crippen molar-refractivity contribution < 1.29 is 44.2 Å². The van der Waals surface area contributed by atoms with Crippen molar-refractivity contribution in [3.8, 4) is 0 Å². The summed E-state index contributed by atoms with van der Waals surface area (Å²) in [5, 5.41) is 47.2. The van der Waals surface area contributed by atoms with Crippen molar-refractivity contribution >= 4 is 19.1 Å². The average Bonchev–Trinajstić information content (AvgIpc) is 3.09. The van der Waals surface area contributed by atoms with Crippen LogP contribution in [0.3, 0.4) is 0 Å². The monoisotopic (exact) mass is 818 g/mol. The molecule has 0 aromatic carbocycles. The fraction of sp³-hybridized carbons (Fsp3) is 0.955. The number of unbranched alkanes of at least 4 members (excludes halogenated alkanes) is 8. The molecule has 1 amide bonds. The zero-order valence-corrected chi connectivity index (χ0v) is 38.7. The highest BCUT2D eigenvalue weighted by Gasteiger charge is 2.48. The molecule has 11 nitrogen and oxygen atoms in total. The number of likely N-dealkylation sites (N-methyl/N-ethyl adjacent to an activating group) is 1. The maximum Gasteiger partial charge on any atom is 0.309 e. The summed E-state index contributed by atoms with van der Waals surface area (Å²) >= 11 is 0. The maximum absolute atomic E-state index is 14.1. The van der Waals surface area contributed by atoms with E-state index in [4.69, 9.17) is 14.2 Å². The van der Waals surface area contributed by atoms with Crippen LogP contribution >= 0.6 is 7.26 Å². The number of aliphatic hydroxyl groups is 4. The zero-order valence-electron chi connectivity index (χ0n) is 37.8. The first kappa shape index (κ1) is 51.2. The molecule has 0 aliphatic carbocycles. The number of carbonyl (C=O) groups is 2. The van der Waals surface area contributed by atoms with E-state index in [1.54, 1.807) is 32.6 Å². The second-order valence-corrected chi connectivity index (χ2v) is 24.7. The molecule has 330 valence electrons. The lowest BCUT2D eigenvalue weighted by atomic mass is 9.79. The molecule has 2 aliphatic heterocycles. The SMILES string of the molecule is CC[C@H]1OC(=O)[C@H](C)C[C@H](C)[C@@H](O[C@@H]2O[C@H](C)C[C@H](N(C)C)[C@H]2O)[C@](C)(O)C[C@@H](C)CN(C(=O)CCCCCCCCCCC[P+](C)(C)C)[C@H](C)[C@@H](O)[C@]1(C)O. The van der Waals surface area contributed by atoms with Gasteiger partial charge in [0.2, 0.25) is 5.91 Å². The third-order valence-corrected chi connectivity index (χ3v) is 14.1. The van der Waals surface area contributed by atoms with Gasteiger partial charge in [0.05, 0.1) is 35.9 Å². The van der Waals surface area contributed by atoms with Crippen LogP contribution in [-0.2, 0) is 23.8 Å². The highest BCUT2D eigenvalue weighted by Crippen LogP contribution is 2.47. The van der Waals surface area contributed by atoms with Crippen LogP contribution in [0.4, 0.5) is 0 Å². The quantitative estimate of drug-likeness (QED) is 0.0753. The summed E-state index contributed by atoms with van der Waals surface area (Å²) in [6.07, 6.45) is 7.98. The summed E-state index contributed by atoms with van der Waals surface area (Å²) in [5.74, 6) is -1.90. The first-order valence-electron chi connectivity index (χ1n) is 22.0. The number of hydrogen-bond donors (Lipinski definition) is 4. The summed E-state index contributed by atoms with van der Waals surface area (Å²) < 4.78 is 18.7. The number of amides is 1. The Kier molecular flexibility index (Phi) is 21.2. The Morgan fingerprint density at radius 1 is 0.911 bits per heavy atom. The third kappa shape index (κ3) is 15.9. The lowest BCUT2D eigenvalue weighted by Crippen LogP contribution is -2.60. The molecule has 2 fully saturated rings. The van der Waals surface area contributed by atoms with Gasteiger partial charge >= 0.3 is 5.97 Å². The molecular formula is C44H86N2O9P+. The van der Waals surface area contributed by atoms with Crippen LogP contribution in [0, 0.1) is 17.8 Å². The molecule has 0 radical (unpaired) electrons. The van der Waals surface area contributed by atoms with Crippen LogP contribution in [0.15, 0.2) is 0 Å². The standard InChI is InChI=1S/C44H86N2O9P/c1-14-36-44(8,52)39(49)34(6)46(37(47)24-22-20-18-16-15-17-19-21-23-25-56(11,12)13)29-30(2)28-43(7,51)40(31(3)26-32(4)41(50)54-36)55-42-38(48)35(45(9)10)27-33(5)53-42/h30-36,38-40,42,48-49,51-52H,14-29H2,1-13H3/q+1/t30-,31+,32-,33-,34-,35+,36-,38-,39-,40-,42+,43-,44-/m1/s1. The highest BCUT2D eigenvalue weighted by atomic mass is 31.2. The lowest BCUT2D eigenvalue weighted by molar-refractivity contribution is -0.295. The van der Waals surface area contributed by atoms with Gasteiger partial charge in [-0.3, -0.25) is 9.59 Å². The molecule has 2 saturated heterocycles. The van der Waals surface area contributed by atoms with Crippen LogP contribution in [0.1, 0.15) is 145 Å². The van der Waals surface area contributed by atoms with Crippen molar-refractivity contribution in [3.63, 3.8) is 0 Å². The molecule has 12 heteroatoms. The number of aliphatic hydroxyl groups excluding tert-OH is 2. The molecule has 0 aromatic heterocycles. The summed E-state index contributed by atoms with van der Waals surface area (Å²) in [7, 11) is 3.13. The minimum Gasteiger partial charge on any atom is -0.459 e. The maximum atomic E-state index is 14.1. The number of rotatable bonds is 16. The Labute approximate surface area is 342 Å².